The van der Waals surface area contributed by atoms with Crippen molar-refractivity contribution in [3.63, 3.8) is 0 Å². The molecular weight excluding hydrogens is 649 g/mol. The minimum atomic E-state index is -3.11. The first kappa shape index (κ1) is 35.4. The number of nitrogens with one attached hydrogen (secondary N) is 1. The molecule has 1 aliphatic heterocycles. The molecule has 1 saturated heterocycles. The predicted octanol–water partition coefficient (Wildman–Crippen LogP) is 4.54. The Hall–Kier alpha value is -4.42. The second-order valence-electron chi connectivity index (χ2n) is 13.7. The van der Waals surface area contributed by atoms with Crippen LogP contribution in [0.5, 0.6) is 0 Å². The van der Waals surface area contributed by atoms with E-state index in [1.54, 1.807) is 0 Å². The van der Waals surface area contributed by atoms with Gasteiger partial charge < -0.3 is 23.7 Å². The summed E-state index contributed by atoms with van der Waals surface area (Å²) < 4.78 is 28.4. The summed E-state index contributed by atoms with van der Waals surface area (Å²) in [6.45, 7) is 6.96. The molecule has 1 fully saturated rings. The Balaban J connectivity index is 1.46. The topological polar surface area (TPSA) is 112 Å². The van der Waals surface area contributed by atoms with E-state index < -0.39 is 43.6 Å². The van der Waals surface area contributed by atoms with Crippen molar-refractivity contribution >= 4 is 18.7 Å². The zero-order valence-corrected chi connectivity index (χ0v) is 29.6. The first-order valence-corrected chi connectivity index (χ1v) is 18.7. The lowest BCUT2D eigenvalue weighted by molar-refractivity contribution is -0.173. The highest BCUT2D eigenvalue weighted by atomic mass is 28.4. The lowest BCUT2D eigenvalue weighted by Gasteiger charge is -2.45. The Labute approximate surface area is 293 Å². The molecule has 0 radical (unpaired) electrons. The van der Waals surface area contributed by atoms with Gasteiger partial charge in [0, 0.05) is 12.3 Å². The average Bonchev–Trinajstić information content (AvgIpc) is 3.39. The smallest absolute Gasteiger partial charge is 0.330 e. The first-order valence-electron chi connectivity index (χ1n) is 16.8. The largest absolute Gasteiger partial charge is 0.404 e. The van der Waals surface area contributed by atoms with E-state index >= 15 is 0 Å². The molecule has 260 valence electrons. The third kappa shape index (κ3) is 7.36. The number of aromatic nitrogens is 2. The normalized spacial score (nSPS) is 20.9. The Morgan fingerprint density at radius 3 is 1.80 bits per heavy atom. The molecule has 5 aromatic rings. The van der Waals surface area contributed by atoms with Crippen LogP contribution in [-0.2, 0) is 31.9 Å². The maximum Gasteiger partial charge on any atom is 0.330 e. The number of hydrogen-bond acceptors (Lipinski definition) is 7. The quantitative estimate of drug-likeness (QED) is 0.174. The summed E-state index contributed by atoms with van der Waals surface area (Å²) in [4.78, 5) is 27.4. The lowest BCUT2D eigenvalue weighted by atomic mass is 9.96. The summed E-state index contributed by atoms with van der Waals surface area (Å²) in [5.41, 5.74) is -0.794. The van der Waals surface area contributed by atoms with Crippen LogP contribution in [0.15, 0.2) is 143 Å². The summed E-state index contributed by atoms with van der Waals surface area (Å²) in [6.07, 6.45) is -2.21. The molecule has 10 heteroatoms. The molecular formula is C40H44N2O7Si. The van der Waals surface area contributed by atoms with Crippen LogP contribution in [0, 0.1) is 0 Å². The third-order valence-corrected chi connectivity index (χ3v) is 14.3. The summed E-state index contributed by atoms with van der Waals surface area (Å²) in [5.74, 6) is 0. The van der Waals surface area contributed by atoms with Gasteiger partial charge in [-0.1, -0.05) is 142 Å². The van der Waals surface area contributed by atoms with Crippen molar-refractivity contribution in [2.24, 2.45) is 0 Å². The molecule has 4 aromatic carbocycles. The highest BCUT2D eigenvalue weighted by Gasteiger charge is 2.59. The van der Waals surface area contributed by atoms with Gasteiger partial charge >= 0.3 is 5.69 Å². The van der Waals surface area contributed by atoms with Gasteiger partial charge in [0.05, 0.1) is 26.4 Å². The van der Waals surface area contributed by atoms with Gasteiger partial charge in [0.25, 0.3) is 13.9 Å². The molecule has 0 spiro atoms. The fourth-order valence-corrected chi connectivity index (χ4v) is 11.5. The van der Waals surface area contributed by atoms with Crippen LogP contribution >= 0.6 is 0 Å². The third-order valence-electron chi connectivity index (χ3n) is 9.28. The molecule has 0 saturated carbocycles. The first-order chi connectivity index (χ1) is 24.1. The zero-order valence-electron chi connectivity index (χ0n) is 28.6. The maximum absolute atomic E-state index is 13.1. The Morgan fingerprint density at radius 1 is 0.760 bits per heavy atom. The lowest BCUT2D eigenvalue weighted by Crippen LogP contribution is -2.68. The van der Waals surface area contributed by atoms with Crippen molar-refractivity contribution in [3.8, 4) is 0 Å². The number of rotatable bonds is 13. The molecule has 0 bridgehead atoms. The van der Waals surface area contributed by atoms with E-state index in [0.29, 0.717) is 0 Å². The van der Waals surface area contributed by atoms with Crippen LogP contribution in [0.1, 0.15) is 38.1 Å². The molecule has 0 unspecified atom stereocenters. The minimum absolute atomic E-state index is 0.0226. The number of aliphatic hydroxyl groups is 1. The Kier molecular flexibility index (Phi) is 10.8. The highest BCUT2D eigenvalue weighted by molar-refractivity contribution is 6.99. The van der Waals surface area contributed by atoms with Gasteiger partial charge in [-0.25, -0.2) is 4.79 Å². The molecule has 9 nitrogen and oxygen atoms in total. The molecule has 2 N–H and O–H groups in total. The molecule has 0 aliphatic carbocycles. The van der Waals surface area contributed by atoms with E-state index in [4.69, 9.17) is 18.6 Å². The number of nitrogens with zero attached hydrogens (tertiary/aromatic N) is 1. The number of benzene rings is 4. The van der Waals surface area contributed by atoms with E-state index in [1.165, 1.54) is 16.8 Å². The minimum Gasteiger partial charge on any atom is -0.404 e. The number of H-pyrrole nitrogens is 1. The average molecular weight is 693 g/mol. The van der Waals surface area contributed by atoms with Crippen molar-refractivity contribution in [1.29, 1.82) is 0 Å². The second-order valence-corrected chi connectivity index (χ2v) is 18.0. The summed E-state index contributed by atoms with van der Waals surface area (Å²) in [5, 5.41) is 13.8. The van der Waals surface area contributed by atoms with Crippen LogP contribution in [0.25, 0.3) is 0 Å². The molecule has 2 heterocycles. The van der Waals surface area contributed by atoms with Crippen molar-refractivity contribution in [2.75, 3.05) is 13.2 Å². The van der Waals surface area contributed by atoms with Crippen LogP contribution in [0.3, 0.4) is 0 Å². The Morgan fingerprint density at radius 2 is 1.28 bits per heavy atom. The van der Waals surface area contributed by atoms with Gasteiger partial charge in [-0.05, 0) is 26.5 Å². The summed E-state index contributed by atoms with van der Waals surface area (Å²) in [7, 11) is -3.11. The zero-order chi connectivity index (χ0) is 35.2. The van der Waals surface area contributed by atoms with E-state index in [0.717, 1.165) is 21.5 Å². The van der Waals surface area contributed by atoms with Gasteiger partial charge in [-0.2, -0.15) is 0 Å². The second kappa shape index (κ2) is 15.2. The SMILES string of the molecule is CC(C)(C)[Si](OC[C@]1(COCc2ccccc2)O[C@@H](n2ccc(=O)[nH]c2=O)[C@H](O)[C@@H]1OCc1ccccc1)(c1ccccc1)c1ccccc1. The standard InChI is InChI=1S/C40H44N2O7Si/c1-39(2,3)50(32-20-12-6-13-21-32,33-22-14-7-15-23-33)48-29-40(28-46-26-30-16-8-4-9-17-30)36(47-27-31-18-10-5-11-19-31)35(44)37(49-40)42-25-24-34(43)41-38(42)45/h4-25,35-37,44H,26-29H2,1-3H3,(H,41,43,45)/t35-,36+,37-,40+/m1/s1. The van der Waals surface area contributed by atoms with Crippen LogP contribution in [-0.4, -0.2) is 54.0 Å². The fourth-order valence-electron chi connectivity index (χ4n) is 6.88. The molecule has 6 rings (SSSR count). The summed E-state index contributed by atoms with van der Waals surface area (Å²) >= 11 is 0. The molecule has 50 heavy (non-hydrogen) atoms. The predicted molar refractivity (Wildman–Crippen MR) is 195 cm³/mol. The van der Waals surface area contributed by atoms with Crippen molar-refractivity contribution in [1.82, 2.24) is 9.55 Å². The molecule has 1 aromatic heterocycles. The van der Waals surface area contributed by atoms with Crippen LogP contribution in [0.4, 0.5) is 0 Å². The molecule has 4 atom stereocenters. The Bertz CT molecular complexity index is 1890. The highest BCUT2D eigenvalue weighted by Crippen LogP contribution is 2.43. The molecule has 1 aliphatic rings. The van der Waals surface area contributed by atoms with Crippen LogP contribution in [0.2, 0.25) is 5.04 Å². The van der Waals surface area contributed by atoms with Crippen molar-refractivity contribution in [3.05, 3.63) is 166 Å². The number of aliphatic hydroxyl groups excluding tert-OH is 1. The number of hydrogen-bond donors (Lipinski definition) is 2. The molecule has 0 amide bonds. The van der Waals surface area contributed by atoms with Gasteiger partial charge in [-0.3, -0.25) is 14.3 Å². The van der Waals surface area contributed by atoms with Gasteiger partial charge in [0.2, 0.25) is 0 Å². The fraction of sp³-hybridized carbons (Fsp3) is 0.300. The van der Waals surface area contributed by atoms with Crippen molar-refractivity contribution in [2.45, 2.75) is 63.1 Å². The monoisotopic (exact) mass is 692 g/mol. The number of aromatic amines is 1. The van der Waals surface area contributed by atoms with E-state index in [-0.39, 0.29) is 31.5 Å². The van der Waals surface area contributed by atoms with Gasteiger partial charge in [0.1, 0.15) is 17.8 Å². The van der Waals surface area contributed by atoms with E-state index in [9.17, 15) is 14.7 Å². The number of ether oxygens (including phenoxy) is 3. The van der Waals surface area contributed by atoms with Crippen molar-refractivity contribution < 1.29 is 23.7 Å². The van der Waals surface area contributed by atoms with Gasteiger partial charge in [0.15, 0.2) is 6.23 Å². The van der Waals surface area contributed by atoms with Crippen LogP contribution < -0.4 is 21.6 Å². The summed E-state index contributed by atoms with van der Waals surface area (Å²) in [6, 6.07) is 41.2. The van der Waals surface area contributed by atoms with E-state index in [2.05, 4.69) is 50.0 Å². The maximum atomic E-state index is 13.1. The van der Waals surface area contributed by atoms with Gasteiger partial charge in [-0.15, -0.1) is 0 Å². The van der Waals surface area contributed by atoms with E-state index in [1.807, 2.05) is 97.1 Å².